The molecule has 1 N–H and O–H groups in total. The number of allylic oxidation sites excluding steroid dienone is 1. The van der Waals surface area contributed by atoms with Crippen LogP contribution in [0.2, 0.25) is 0 Å². The Morgan fingerprint density at radius 1 is 1.08 bits per heavy atom. The highest BCUT2D eigenvalue weighted by molar-refractivity contribution is 4.98. The molecule has 0 unspecified atom stereocenters. The van der Waals surface area contributed by atoms with Crippen molar-refractivity contribution in [2.75, 3.05) is 0 Å². The highest BCUT2D eigenvalue weighted by Gasteiger charge is 2.31. The predicted molar refractivity (Wildman–Crippen MR) is 56.1 cm³/mol. The summed E-state index contributed by atoms with van der Waals surface area (Å²) in [6.45, 7) is 16.4. The summed E-state index contributed by atoms with van der Waals surface area (Å²) in [5, 5.41) is 9.47. The fraction of sp³-hybridized carbons (Fsp3) is 0.636. The van der Waals surface area contributed by atoms with E-state index in [4.69, 9.17) is 0 Å². The maximum Gasteiger partial charge on any atom is 0.0676 e. The third kappa shape index (κ3) is 5.14. The maximum atomic E-state index is 9.47. The Morgan fingerprint density at radius 3 is 1.33 bits per heavy atom. The molecule has 12 heavy (non-hydrogen) atoms. The summed E-state index contributed by atoms with van der Waals surface area (Å²) in [7, 11) is 0. The van der Waals surface area contributed by atoms with Crippen LogP contribution in [0.15, 0.2) is 25.3 Å². The molecule has 0 aromatic heterocycles. The van der Waals surface area contributed by atoms with E-state index in [-0.39, 0.29) is 5.41 Å². The fourth-order valence-corrected chi connectivity index (χ4v) is 0.250. The standard InChI is InChI=1S/C8H16O.C3H6/c1-6-7(2,3)8(4,5)9;1-3-2/h6,9H,1H2,2-5H3;3H,1H2,2H3. The molecule has 1 heteroatoms. The van der Waals surface area contributed by atoms with E-state index in [2.05, 4.69) is 13.2 Å². The fourth-order valence-electron chi connectivity index (χ4n) is 0.250. The van der Waals surface area contributed by atoms with E-state index in [1.165, 1.54) is 0 Å². The van der Waals surface area contributed by atoms with Crippen molar-refractivity contribution >= 4 is 0 Å². The molecule has 0 aromatic carbocycles. The van der Waals surface area contributed by atoms with E-state index in [1.54, 1.807) is 26.0 Å². The second kappa shape index (κ2) is 5.15. The first-order chi connectivity index (χ1) is 5.22. The van der Waals surface area contributed by atoms with Crippen molar-refractivity contribution in [3.8, 4) is 0 Å². The van der Waals surface area contributed by atoms with Crippen LogP contribution < -0.4 is 0 Å². The van der Waals surface area contributed by atoms with Gasteiger partial charge in [0.15, 0.2) is 0 Å². The number of rotatable bonds is 2. The summed E-state index contributed by atoms with van der Waals surface area (Å²) in [6, 6.07) is 0. The van der Waals surface area contributed by atoms with Crippen LogP contribution in [0.4, 0.5) is 0 Å². The summed E-state index contributed by atoms with van der Waals surface area (Å²) < 4.78 is 0. The van der Waals surface area contributed by atoms with Gasteiger partial charge in [0.2, 0.25) is 0 Å². The van der Waals surface area contributed by atoms with Crippen LogP contribution in [-0.4, -0.2) is 10.7 Å². The van der Waals surface area contributed by atoms with E-state index in [9.17, 15) is 5.11 Å². The van der Waals surface area contributed by atoms with Crippen LogP contribution in [0.1, 0.15) is 34.6 Å². The molecule has 0 amide bonds. The van der Waals surface area contributed by atoms with Crippen molar-refractivity contribution in [1.82, 2.24) is 0 Å². The average molecular weight is 170 g/mol. The molecule has 1 nitrogen and oxygen atoms in total. The van der Waals surface area contributed by atoms with Crippen LogP contribution in [0.3, 0.4) is 0 Å². The van der Waals surface area contributed by atoms with Crippen molar-refractivity contribution < 1.29 is 5.11 Å². The van der Waals surface area contributed by atoms with Crippen molar-refractivity contribution in [3.05, 3.63) is 25.3 Å². The molecule has 0 heterocycles. The largest absolute Gasteiger partial charge is 0.390 e. The Morgan fingerprint density at radius 2 is 1.33 bits per heavy atom. The van der Waals surface area contributed by atoms with Crippen LogP contribution >= 0.6 is 0 Å². The molecule has 0 aliphatic carbocycles. The Bertz CT molecular complexity index is 138. The normalized spacial score (nSPS) is 11.2. The van der Waals surface area contributed by atoms with E-state index in [0.717, 1.165) is 0 Å². The molecule has 72 valence electrons. The minimum Gasteiger partial charge on any atom is -0.390 e. The van der Waals surface area contributed by atoms with Crippen molar-refractivity contribution in [3.63, 3.8) is 0 Å². The molecule has 0 fully saturated rings. The Hall–Kier alpha value is -0.560. The highest BCUT2D eigenvalue weighted by Crippen LogP contribution is 2.30. The average Bonchev–Trinajstić information content (AvgIpc) is 1.87. The number of hydrogen-bond acceptors (Lipinski definition) is 1. The lowest BCUT2D eigenvalue weighted by Gasteiger charge is -2.34. The van der Waals surface area contributed by atoms with Gasteiger partial charge in [-0.15, -0.1) is 13.2 Å². The van der Waals surface area contributed by atoms with Gasteiger partial charge >= 0.3 is 0 Å². The van der Waals surface area contributed by atoms with Gasteiger partial charge in [0.25, 0.3) is 0 Å². The van der Waals surface area contributed by atoms with Gasteiger partial charge in [-0.05, 0) is 20.8 Å². The summed E-state index contributed by atoms with van der Waals surface area (Å²) >= 11 is 0. The first-order valence-corrected chi connectivity index (χ1v) is 4.16. The molecule has 0 rings (SSSR count). The summed E-state index contributed by atoms with van der Waals surface area (Å²) in [4.78, 5) is 0. The minimum atomic E-state index is -0.672. The molecule has 0 atom stereocenters. The zero-order valence-corrected chi connectivity index (χ0v) is 9.02. The van der Waals surface area contributed by atoms with Gasteiger partial charge in [-0.3, -0.25) is 0 Å². The molecule has 0 saturated heterocycles. The maximum absolute atomic E-state index is 9.47. The van der Waals surface area contributed by atoms with E-state index in [1.807, 2.05) is 20.8 Å². The first-order valence-electron chi connectivity index (χ1n) is 4.16. The number of aliphatic hydroxyl groups is 1. The van der Waals surface area contributed by atoms with Gasteiger partial charge in [-0.2, -0.15) is 0 Å². The van der Waals surface area contributed by atoms with Gasteiger partial charge in [0.1, 0.15) is 0 Å². The number of hydrogen-bond donors (Lipinski definition) is 1. The SMILES string of the molecule is C=CC.C=CC(C)(C)C(C)(C)O. The summed E-state index contributed by atoms with van der Waals surface area (Å²) in [5.74, 6) is 0. The Labute approximate surface area is 76.8 Å². The topological polar surface area (TPSA) is 20.2 Å². The van der Waals surface area contributed by atoms with Crippen molar-refractivity contribution in [2.24, 2.45) is 5.41 Å². The molecule has 0 aliphatic rings. The van der Waals surface area contributed by atoms with Crippen LogP contribution in [0.25, 0.3) is 0 Å². The monoisotopic (exact) mass is 170 g/mol. The molecule has 0 bridgehead atoms. The lowest BCUT2D eigenvalue weighted by atomic mass is 9.78. The highest BCUT2D eigenvalue weighted by atomic mass is 16.3. The second-order valence-electron chi connectivity index (χ2n) is 3.89. The first kappa shape index (κ1) is 14.0. The molecule has 0 spiro atoms. The van der Waals surface area contributed by atoms with Gasteiger partial charge in [0.05, 0.1) is 5.60 Å². The third-order valence-corrected chi connectivity index (χ3v) is 2.09. The molecule has 0 aliphatic heterocycles. The van der Waals surface area contributed by atoms with Gasteiger partial charge in [-0.1, -0.05) is 26.0 Å². The minimum absolute atomic E-state index is 0.201. The van der Waals surface area contributed by atoms with Gasteiger partial charge in [0, 0.05) is 5.41 Å². The zero-order valence-electron chi connectivity index (χ0n) is 9.02. The third-order valence-electron chi connectivity index (χ3n) is 2.09. The smallest absolute Gasteiger partial charge is 0.0676 e. The second-order valence-corrected chi connectivity index (χ2v) is 3.89. The van der Waals surface area contributed by atoms with Crippen LogP contribution in [-0.2, 0) is 0 Å². The Balaban J connectivity index is 0. The molecular weight excluding hydrogens is 148 g/mol. The molecule has 0 aromatic rings. The summed E-state index contributed by atoms with van der Waals surface area (Å²) in [5.41, 5.74) is -0.873. The Kier molecular flexibility index (Phi) is 6.01. The lowest BCUT2D eigenvalue weighted by molar-refractivity contribution is -0.00719. The summed E-state index contributed by atoms with van der Waals surface area (Å²) in [6.07, 6.45) is 3.52. The van der Waals surface area contributed by atoms with Crippen molar-refractivity contribution in [1.29, 1.82) is 0 Å². The molecule has 0 saturated carbocycles. The molecule has 0 radical (unpaired) electrons. The zero-order chi connectivity index (χ0) is 10.4. The van der Waals surface area contributed by atoms with E-state index in [0.29, 0.717) is 0 Å². The van der Waals surface area contributed by atoms with Gasteiger partial charge in [-0.25, -0.2) is 0 Å². The van der Waals surface area contributed by atoms with E-state index >= 15 is 0 Å². The lowest BCUT2D eigenvalue weighted by Crippen LogP contribution is -2.36. The van der Waals surface area contributed by atoms with E-state index < -0.39 is 5.60 Å². The van der Waals surface area contributed by atoms with Crippen molar-refractivity contribution in [2.45, 2.75) is 40.2 Å². The van der Waals surface area contributed by atoms with Crippen LogP contribution in [0.5, 0.6) is 0 Å². The predicted octanol–water partition coefficient (Wildman–Crippen LogP) is 3.16. The quantitative estimate of drug-likeness (QED) is 0.631. The molecular formula is C11H22O. The van der Waals surface area contributed by atoms with Crippen LogP contribution in [0, 0.1) is 5.41 Å². The van der Waals surface area contributed by atoms with Gasteiger partial charge < -0.3 is 5.11 Å².